The molecule has 0 N–H and O–H groups in total. The van der Waals surface area contributed by atoms with E-state index in [0.717, 1.165) is 11.1 Å². The molecule has 0 bridgehead atoms. The molecule has 2 aromatic carbocycles. The molecule has 0 aliphatic carbocycles. The Morgan fingerprint density at radius 3 is 2.48 bits per heavy atom. The number of hydrogen-bond acceptors (Lipinski definition) is 3. The first kappa shape index (κ1) is 14.9. The van der Waals surface area contributed by atoms with Gasteiger partial charge in [0.15, 0.2) is 5.70 Å². The molecular weight excluding hydrogens is 293 g/mol. The van der Waals surface area contributed by atoms with Crippen LogP contribution in [0.1, 0.15) is 18.1 Å². The zero-order valence-corrected chi connectivity index (χ0v) is 12.5. The minimum Gasteiger partial charge on any atom is -0.402 e. The van der Waals surface area contributed by atoms with Gasteiger partial charge in [-0.3, -0.25) is 0 Å². The van der Waals surface area contributed by atoms with E-state index in [4.69, 9.17) is 4.74 Å². The van der Waals surface area contributed by atoms with Crippen LogP contribution in [-0.2, 0) is 9.53 Å². The number of esters is 1. The summed E-state index contributed by atoms with van der Waals surface area (Å²) in [5, 5.41) is 0. The molecule has 3 nitrogen and oxygen atoms in total. The fraction of sp³-hybridized carbons (Fsp3) is 0.0526. The van der Waals surface area contributed by atoms with Gasteiger partial charge in [0.25, 0.3) is 0 Å². The van der Waals surface area contributed by atoms with Crippen LogP contribution in [0.5, 0.6) is 0 Å². The van der Waals surface area contributed by atoms with Crippen molar-refractivity contribution in [2.45, 2.75) is 6.92 Å². The lowest BCUT2D eigenvalue weighted by Crippen LogP contribution is -2.05. The van der Waals surface area contributed by atoms with Gasteiger partial charge in [0, 0.05) is 5.56 Å². The molecule has 0 aromatic heterocycles. The maximum Gasteiger partial charge on any atom is 0.363 e. The van der Waals surface area contributed by atoms with Crippen molar-refractivity contribution >= 4 is 17.9 Å². The Bertz CT molecular complexity index is 818. The Hall–Kier alpha value is -3.01. The highest BCUT2D eigenvalue weighted by Gasteiger charge is 2.23. The molecule has 0 atom stereocenters. The number of rotatable bonds is 3. The fourth-order valence-electron chi connectivity index (χ4n) is 2.19. The van der Waals surface area contributed by atoms with Gasteiger partial charge in [0.2, 0.25) is 5.90 Å². The SMILES string of the molecule is CC(=C/c1ccccc1)/C=C1/N=C(c2ccc(F)cc2)OC1=O. The van der Waals surface area contributed by atoms with E-state index in [1.54, 1.807) is 6.08 Å². The number of ether oxygens (including phenoxy) is 1. The number of aliphatic imine (C=N–C) groups is 1. The van der Waals surface area contributed by atoms with E-state index in [-0.39, 0.29) is 17.4 Å². The molecule has 0 spiro atoms. The van der Waals surface area contributed by atoms with Crippen molar-refractivity contribution in [3.63, 3.8) is 0 Å². The van der Waals surface area contributed by atoms with Gasteiger partial charge >= 0.3 is 5.97 Å². The number of halogens is 1. The Kier molecular flexibility index (Phi) is 4.15. The first-order valence-electron chi connectivity index (χ1n) is 7.14. The van der Waals surface area contributed by atoms with Gasteiger partial charge in [-0.05, 0) is 48.4 Å². The van der Waals surface area contributed by atoms with E-state index >= 15 is 0 Å². The van der Waals surface area contributed by atoms with E-state index in [1.165, 1.54) is 24.3 Å². The number of carbonyl (C=O) groups excluding carboxylic acids is 1. The third-order valence-electron chi connectivity index (χ3n) is 3.27. The van der Waals surface area contributed by atoms with Crippen LogP contribution in [0.25, 0.3) is 6.08 Å². The van der Waals surface area contributed by atoms with E-state index in [9.17, 15) is 9.18 Å². The minimum atomic E-state index is -0.509. The summed E-state index contributed by atoms with van der Waals surface area (Å²) in [4.78, 5) is 16.1. The monoisotopic (exact) mass is 307 g/mol. The van der Waals surface area contributed by atoms with Crippen molar-refractivity contribution in [3.8, 4) is 0 Å². The molecule has 0 saturated carbocycles. The van der Waals surface area contributed by atoms with Gasteiger partial charge in [0.05, 0.1) is 0 Å². The summed E-state index contributed by atoms with van der Waals surface area (Å²) in [6.45, 7) is 1.89. The van der Waals surface area contributed by atoms with Crippen LogP contribution in [0.3, 0.4) is 0 Å². The van der Waals surface area contributed by atoms with E-state index in [2.05, 4.69) is 4.99 Å². The number of carbonyl (C=O) groups is 1. The Balaban J connectivity index is 1.86. The number of cyclic esters (lactones) is 1. The summed E-state index contributed by atoms with van der Waals surface area (Å²) in [6.07, 6.45) is 3.62. The van der Waals surface area contributed by atoms with Gasteiger partial charge < -0.3 is 4.74 Å². The molecule has 114 valence electrons. The van der Waals surface area contributed by atoms with Gasteiger partial charge in [-0.15, -0.1) is 0 Å². The lowest BCUT2D eigenvalue weighted by Gasteiger charge is -1.98. The summed E-state index contributed by atoms with van der Waals surface area (Å²) in [5.41, 5.74) is 2.71. The van der Waals surface area contributed by atoms with Crippen molar-refractivity contribution in [3.05, 3.63) is 88.9 Å². The van der Waals surface area contributed by atoms with Crippen molar-refractivity contribution in [2.24, 2.45) is 4.99 Å². The topological polar surface area (TPSA) is 38.7 Å². The maximum atomic E-state index is 12.9. The predicted molar refractivity (Wildman–Crippen MR) is 87.2 cm³/mol. The summed E-state index contributed by atoms with van der Waals surface area (Å²) < 4.78 is 18.1. The van der Waals surface area contributed by atoms with Gasteiger partial charge in [-0.1, -0.05) is 36.4 Å². The zero-order chi connectivity index (χ0) is 16.2. The van der Waals surface area contributed by atoms with Crippen molar-refractivity contribution in [2.75, 3.05) is 0 Å². The third kappa shape index (κ3) is 3.61. The van der Waals surface area contributed by atoms with Crippen LogP contribution in [0.4, 0.5) is 4.39 Å². The molecule has 1 aliphatic heterocycles. The number of hydrogen-bond donors (Lipinski definition) is 0. The van der Waals surface area contributed by atoms with E-state index in [0.29, 0.717) is 5.56 Å². The fourth-order valence-corrected chi connectivity index (χ4v) is 2.19. The zero-order valence-electron chi connectivity index (χ0n) is 12.5. The molecule has 0 unspecified atom stereocenters. The van der Waals surface area contributed by atoms with Gasteiger partial charge in [-0.2, -0.15) is 0 Å². The number of nitrogens with zero attached hydrogens (tertiary/aromatic N) is 1. The quantitative estimate of drug-likeness (QED) is 0.632. The maximum absolute atomic E-state index is 12.9. The summed E-state index contributed by atoms with van der Waals surface area (Å²) >= 11 is 0. The molecule has 0 amide bonds. The highest BCUT2D eigenvalue weighted by atomic mass is 19.1. The second kappa shape index (κ2) is 6.40. The lowest BCUT2D eigenvalue weighted by molar-refractivity contribution is -0.130. The van der Waals surface area contributed by atoms with E-state index in [1.807, 2.05) is 43.3 Å². The number of allylic oxidation sites excluding steroid dienone is 2. The number of benzene rings is 2. The summed E-state index contributed by atoms with van der Waals surface area (Å²) in [5.74, 6) is -0.671. The van der Waals surface area contributed by atoms with Crippen LogP contribution < -0.4 is 0 Å². The molecule has 1 aliphatic rings. The van der Waals surface area contributed by atoms with Crippen molar-refractivity contribution in [1.82, 2.24) is 0 Å². The lowest BCUT2D eigenvalue weighted by atomic mass is 10.1. The summed E-state index contributed by atoms with van der Waals surface area (Å²) in [6, 6.07) is 15.4. The van der Waals surface area contributed by atoms with Crippen LogP contribution in [0, 0.1) is 5.82 Å². The molecule has 23 heavy (non-hydrogen) atoms. The second-order valence-electron chi connectivity index (χ2n) is 5.14. The van der Waals surface area contributed by atoms with Crippen LogP contribution in [0.15, 0.2) is 76.9 Å². The van der Waals surface area contributed by atoms with Crippen molar-refractivity contribution < 1.29 is 13.9 Å². The van der Waals surface area contributed by atoms with Gasteiger partial charge in [0.1, 0.15) is 5.82 Å². The average Bonchev–Trinajstić information content (AvgIpc) is 2.90. The molecule has 1 heterocycles. The minimum absolute atomic E-state index is 0.189. The first-order valence-corrected chi connectivity index (χ1v) is 7.14. The van der Waals surface area contributed by atoms with Crippen LogP contribution >= 0.6 is 0 Å². The Morgan fingerprint density at radius 2 is 1.78 bits per heavy atom. The van der Waals surface area contributed by atoms with Gasteiger partial charge in [-0.25, -0.2) is 14.2 Å². The van der Waals surface area contributed by atoms with Crippen LogP contribution in [0.2, 0.25) is 0 Å². The largest absolute Gasteiger partial charge is 0.402 e. The first-order chi connectivity index (χ1) is 11.1. The second-order valence-corrected chi connectivity index (χ2v) is 5.14. The van der Waals surface area contributed by atoms with Crippen LogP contribution in [-0.4, -0.2) is 11.9 Å². The van der Waals surface area contributed by atoms with E-state index < -0.39 is 5.97 Å². The third-order valence-corrected chi connectivity index (χ3v) is 3.27. The molecule has 0 fully saturated rings. The predicted octanol–water partition coefficient (Wildman–Crippen LogP) is 4.12. The normalized spacial score (nSPS) is 16.4. The highest BCUT2D eigenvalue weighted by Crippen LogP contribution is 2.19. The standard InChI is InChI=1S/C19H14FNO2/c1-13(11-14-5-3-2-4-6-14)12-17-19(22)23-18(21-17)15-7-9-16(20)10-8-15/h2-12H,1H3/b13-11-,17-12+. The Morgan fingerprint density at radius 1 is 1.09 bits per heavy atom. The molecule has 0 radical (unpaired) electrons. The summed E-state index contributed by atoms with van der Waals surface area (Å²) in [7, 11) is 0. The smallest absolute Gasteiger partial charge is 0.363 e. The Labute approximate surface area is 133 Å². The average molecular weight is 307 g/mol. The molecule has 2 aromatic rings. The molecular formula is C19H14FNO2. The molecule has 0 saturated heterocycles. The highest BCUT2D eigenvalue weighted by molar-refractivity contribution is 6.11. The molecule has 4 heteroatoms. The van der Waals surface area contributed by atoms with Crippen molar-refractivity contribution in [1.29, 1.82) is 0 Å². The molecule has 3 rings (SSSR count).